The van der Waals surface area contributed by atoms with Gasteiger partial charge in [-0.2, -0.15) is 13.2 Å². The number of carbonyl (C=O) groups is 1. The molecule has 0 amide bonds. The van der Waals surface area contributed by atoms with E-state index in [0.29, 0.717) is 0 Å². The van der Waals surface area contributed by atoms with Crippen molar-refractivity contribution in [3.05, 3.63) is 33.9 Å². The van der Waals surface area contributed by atoms with Crippen molar-refractivity contribution in [3.8, 4) is 5.75 Å². The molecule has 0 heterocycles. The monoisotopic (exact) mass is 249 g/mol. The summed E-state index contributed by atoms with van der Waals surface area (Å²) in [5.74, 6) is -0.320. The van der Waals surface area contributed by atoms with Gasteiger partial charge in [0, 0.05) is 0 Å². The Kier molecular flexibility index (Phi) is 3.66. The minimum atomic E-state index is -4.53. The molecule has 0 fully saturated rings. The molecule has 0 aliphatic rings. The van der Waals surface area contributed by atoms with Gasteiger partial charge in [-0.15, -0.1) is 0 Å². The van der Waals surface area contributed by atoms with Crippen LogP contribution in [0.1, 0.15) is 10.4 Å². The van der Waals surface area contributed by atoms with Crippen LogP contribution in [0.15, 0.2) is 18.2 Å². The third-order valence-electron chi connectivity index (χ3n) is 1.73. The molecular formula is C9H6F3NO4. The lowest BCUT2D eigenvalue weighted by Crippen LogP contribution is -2.19. The highest BCUT2D eigenvalue weighted by Gasteiger charge is 2.28. The SMILES string of the molecule is O=Cc1ccc(OCC(F)(F)F)cc1[N+](=O)[O-]. The second kappa shape index (κ2) is 4.81. The highest BCUT2D eigenvalue weighted by molar-refractivity contribution is 5.81. The van der Waals surface area contributed by atoms with Gasteiger partial charge in [0.25, 0.3) is 5.69 Å². The van der Waals surface area contributed by atoms with Crippen molar-refractivity contribution >= 4 is 12.0 Å². The van der Waals surface area contributed by atoms with Crippen molar-refractivity contribution in [3.63, 3.8) is 0 Å². The first kappa shape index (κ1) is 12.9. The zero-order valence-electron chi connectivity index (χ0n) is 8.23. The number of rotatable bonds is 4. The molecule has 0 saturated carbocycles. The molecule has 5 nitrogen and oxygen atoms in total. The van der Waals surface area contributed by atoms with Gasteiger partial charge in [0.15, 0.2) is 12.9 Å². The number of carbonyl (C=O) groups excluding carboxylic acids is 1. The van der Waals surface area contributed by atoms with Gasteiger partial charge in [-0.25, -0.2) is 0 Å². The summed E-state index contributed by atoms with van der Waals surface area (Å²) < 4.78 is 39.8. The lowest BCUT2D eigenvalue weighted by Gasteiger charge is -2.08. The van der Waals surface area contributed by atoms with Crippen LogP contribution in [-0.4, -0.2) is 24.0 Å². The Balaban J connectivity index is 2.93. The molecule has 1 rings (SSSR count). The van der Waals surface area contributed by atoms with E-state index in [1.54, 1.807) is 0 Å². The summed E-state index contributed by atoms with van der Waals surface area (Å²) in [6.45, 7) is -1.55. The van der Waals surface area contributed by atoms with E-state index in [2.05, 4.69) is 4.74 Å². The van der Waals surface area contributed by atoms with Gasteiger partial charge in [-0.3, -0.25) is 14.9 Å². The van der Waals surface area contributed by atoms with Gasteiger partial charge in [0.2, 0.25) is 0 Å². The number of aldehydes is 1. The smallest absolute Gasteiger partial charge is 0.422 e. The summed E-state index contributed by atoms with van der Waals surface area (Å²) in [5.41, 5.74) is -0.825. The minimum Gasteiger partial charge on any atom is -0.484 e. The largest absolute Gasteiger partial charge is 0.484 e. The summed E-state index contributed by atoms with van der Waals surface area (Å²) in [6.07, 6.45) is -4.29. The molecule has 1 aromatic carbocycles. The van der Waals surface area contributed by atoms with Crippen LogP contribution in [0.4, 0.5) is 18.9 Å². The van der Waals surface area contributed by atoms with Crippen LogP contribution in [0.25, 0.3) is 0 Å². The van der Waals surface area contributed by atoms with Crippen LogP contribution in [0.3, 0.4) is 0 Å². The molecular weight excluding hydrogens is 243 g/mol. The van der Waals surface area contributed by atoms with Crippen LogP contribution < -0.4 is 4.74 Å². The summed E-state index contributed by atoms with van der Waals surface area (Å²) in [6, 6.07) is 2.86. The Bertz CT molecular complexity index is 444. The molecule has 0 aliphatic heterocycles. The van der Waals surface area contributed by atoms with Crippen molar-refractivity contribution in [2.24, 2.45) is 0 Å². The topological polar surface area (TPSA) is 69.4 Å². The molecule has 0 N–H and O–H groups in total. The molecule has 0 radical (unpaired) electrons. The first-order valence-corrected chi connectivity index (χ1v) is 4.26. The standard InChI is InChI=1S/C9H6F3NO4/c10-9(11,12)5-17-7-2-1-6(4-14)8(3-7)13(15)16/h1-4H,5H2. The molecule has 17 heavy (non-hydrogen) atoms. The predicted octanol–water partition coefficient (Wildman–Crippen LogP) is 2.35. The van der Waals surface area contributed by atoms with Gasteiger partial charge in [-0.05, 0) is 12.1 Å². The number of hydrogen-bond donors (Lipinski definition) is 0. The number of alkyl halides is 3. The number of ether oxygens (including phenoxy) is 1. The molecule has 0 spiro atoms. The normalized spacial score (nSPS) is 11.0. The average molecular weight is 249 g/mol. The molecule has 0 saturated heterocycles. The summed E-state index contributed by atoms with van der Waals surface area (Å²) in [4.78, 5) is 20.1. The lowest BCUT2D eigenvalue weighted by atomic mass is 10.2. The third kappa shape index (κ3) is 3.74. The van der Waals surface area contributed by atoms with Crippen molar-refractivity contribution < 1.29 is 27.6 Å². The lowest BCUT2D eigenvalue weighted by molar-refractivity contribution is -0.385. The molecule has 92 valence electrons. The zero-order chi connectivity index (χ0) is 13.1. The quantitative estimate of drug-likeness (QED) is 0.466. The molecule has 0 aromatic heterocycles. The van der Waals surface area contributed by atoms with Gasteiger partial charge in [0.05, 0.1) is 16.6 Å². The van der Waals surface area contributed by atoms with Crippen molar-refractivity contribution in [1.82, 2.24) is 0 Å². The molecule has 0 aliphatic carbocycles. The number of hydrogen-bond acceptors (Lipinski definition) is 4. The Morgan fingerprint density at radius 3 is 2.53 bits per heavy atom. The predicted molar refractivity (Wildman–Crippen MR) is 50.0 cm³/mol. The zero-order valence-corrected chi connectivity index (χ0v) is 8.23. The number of halogens is 3. The number of benzene rings is 1. The minimum absolute atomic E-state index is 0.227. The van der Waals surface area contributed by atoms with Gasteiger partial charge < -0.3 is 4.74 Å². The second-order valence-electron chi connectivity index (χ2n) is 3.00. The third-order valence-corrected chi connectivity index (χ3v) is 1.73. The van der Waals surface area contributed by atoms with E-state index in [1.807, 2.05) is 0 Å². The number of nitro benzene ring substituents is 1. The maximum atomic E-state index is 11.8. The van der Waals surface area contributed by atoms with Crippen LogP contribution in [0.5, 0.6) is 5.75 Å². The van der Waals surface area contributed by atoms with Crippen LogP contribution in [0, 0.1) is 10.1 Å². The molecule has 0 bridgehead atoms. The van der Waals surface area contributed by atoms with Crippen LogP contribution >= 0.6 is 0 Å². The first-order chi connectivity index (χ1) is 7.83. The van der Waals surface area contributed by atoms with E-state index < -0.39 is 23.4 Å². The van der Waals surface area contributed by atoms with Gasteiger partial charge in [-0.1, -0.05) is 0 Å². The highest BCUT2D eigenvalue weighted by Crippen LogP contribution is 2.25. The summed E-state index contributed by atoms with van der Waals surface area (Å²) >= 11 is 0. The maximum Gasteiger partial charge on any atom is 0.422 e. The van der Waals surface area contributed by atoms with E-state index in [-0.39, 0.29) is 17.6 Å². The molecule has 1 aromatic rings. The Morgan fingerprint density at radius 1 is 1.41 bits per heavy atom. The molecule has 0 atom stereocenters. The number of nitrogens with zero attached hydrogens (tertiary/aromatic N) is 1. The van der Waals surface area contributed by atoms with E-state index in [4.69, 9.17) is 0 Å². The van der Waals surface area contributed by atoms with Crippen molar-refractivity contribution in [2.45, 2.75) is 6.18 Å². The van der Waals surface area contributed by atoms with Crippen LogP contribution in [0.2, 0.25) is 0 Å². The molecule has 8 heteroatoms. The average Bonchev–Trinajstić information content (AvgIpc) is 2.25. The van der Waals surface area contributed by atoms with Gasteiger partial charge in [0.1, 0.15) is 5.75 Å². The Morgan fingerprint density at radius 2 is 2.06 bits per heavy atom. The van der Waals surface area contributed by atoms with Gasteiger partial charge >= 0.3 is 6.18 Å². The molecule has 0 unspecified atom stereocenters. The van der Waals surface area contributed by atoms with E-state index in [1.165, 1.54) is 0 Å². The summed E-state index contributed by atoms with van der Waals surface area (Å²) in [7, 11) is 0. The Hall–Kier alpha value is -2.12. The fourth-order valence-electron chi connectivity index (χ4n) is 1.04. The second-order valence-corrected chi connectivity index (χ2v) is 3.00. The fourth-order valence-corrected chi connectivity index (χ4v) is 1.04. The Labute approximate surface area is 93.0 Å². The first-order valence-electron chi connectivity index (χ1n) is 4.26. The van der Waals surface area contributed by atoms with E-state index in [9.17, 15) is 28.1 Å². The fraction of sp³-hybridized carbons (Fsp3) is 0.222. The summed E-state index contributed by atoms with van der Waals surface area (Å²) in [5, 5.41) is 10.5. The number of nitro groups is 1. The van der Waals surface area contributed by atoms with Crippen molar-refractivity contribution in [1.29, 1.82) is 0 Å². The highest BCUT2D eigenvalue weighted by atomic mass is 19.4. The van der Waals surface area contributed by atoms with E-state index >= 15 is 0 Å². The van der Waals surface area contributed by atoms with Crippen molar-refractivity contribution in [2.75, 3.05) is 6.61 Å². The van der Waals surface area contributed by atoms with Crippen LogP contribution in [-0.2, 0) is 0 Å². The van der Waals surface area contributed by atoms with E-state index in [0.717, 1.165) is 18.2 Å². The maximum absolute atomic E-state index is 11.8.